The van der Waals surface area contributed by atoms with Crippen LogP contribution in [0.3, 0.4) is 0 Å². The Balaban J connectivity index is 1.60. The fourth-order valence-corrected chi connectivity index (χ4v) is 4.01. The van der Waals surface area contributed by atoms with Crippen LogP contribution in [0.25, 0.3) is 0 Å². The molecule has 35 heavy (non-hydrogen) atoms. The van der Waals surface area contributed by atoms with Gasteiger partial charge in [0.05, 0.1) is 37.3 Å². The molecule has 0 spiro atoms. The summed E-state index contributed by atoms with van der Waals surface area (Å²) in [4.78, 5) is 26.8. The Bertz CT molecular complexity index is 1070. The molecule has 2 aromatic rings. The molecule has 1 amide bonds. The van der Waals surface area contributed by atoms with E-state index < -0.39 is 22.4 Å². The molecule has 0 unspecified atom stereocenters. The maximum absolute atomic E-state index is 13.0. The topological polar surface area (TPSA) is 97.2 Å². The minimum atomic E-state index is -4.67. The van der Waals surface area contributed by atoms with Crippen molar-refractivity contribution in [1.29, 1.82) is 0 Å². The maximum atomic E-state index is 13.0. The van der Waals surface area contributed by atoms with Crippen LogP contribution in [0.1, 0.15) is 24.1 Å². The number of piperazine rings is 1. The van der Waals surface area contributed by atoms with E-state index in [-0.39, 0.29) is 24.2 Å². The van der Waals surface area contributed by atoms with Crippen LogP contribution in [0.15, 0.2) is 36.4 Å². The molecule has 0 saturated carbocycles. The zero-order chi connectivity index (χ0) is 25.8. The van der Waals surface area contributed by atoms with Crippen LogP contribution >= 0.6 is 0 Å². The van der Waals surface area contributed by atoms with Gasteiger partial charge in [0, 0.05) is 37.8 Å². The molecule has 1 aliphatic rings. The summed E-state index contributed by atoms with van der Waals surface area (Å²) in [6.45, 7) is 3.44. The van der Waals surface area contributed by atoms with E-state index in [0.29, 0.717) is 43.7 Å². The highest BCUT2D eigenvalue weighted by Gasteiger charge is 2.34. The van der Waals surface area contributed by atoms with Crippen LogP contribution in [0, 0.1) is 10.1 Å². The smallest absolute Gasteiger partial charge is 0.416 e. The zero-order valence-corrected chi connectivity index (χ0v) is 19.6. The van der Waals surface area contributed by atoms with Crippen LogP contribution in [-0.4, -0.2) is 62.7 Å². The van der Waals surface area contributed by atoms with Crippen LogP contribution in [0.4, 0.5) is 24.5 Å². The number of nitrogens with zero attached hydrogens (tertiary/aromatic N) is 3. The fourth-order valence-electron chi connectivity index (χ4n) is 4.01. The first kappa shape index (κ1) is 26.1. The third kappa shape index (κ3) is 6.32. The summed E-state index contributed by atoms with van der Waals surface area (Å²) < 4.78 is 49.5. The van der Waals surface area contributed by atoms with Crippen molar-refractivity contribution in [3.8, 4) is 11.5 Å². The van der Waals surface area contributed by atoms with Gasteiger partial charge in [0.2, 0.25) is 5.91 Å². The second-order valence-corrected chi connectivity index (χ2v) is 8.12. The standard InChI is InChI=1S/C23H27F3N4O5/c1-15(18-13-17(34-2)5-7-21(18)35-3)27-22(31)14-28-8-10-29(11-9-28)19-6-4-16(23(24,25)26)12-20(19)30(32)33/h4-7,12-13,15H,8-11,14H2,1-3H3,(H,27,31)/t15-/m0/s1. The van der Waals surface area contributed by atoms with Crippen molar-refractivity contribution in [1.82, 2.24) is 10.2 Å². The highest BCUT2D eigenvalue weighted by molar-refractivity contribution is 5.78. The number of methoxy groups -OCH3 is 2. The number of rotatable bonds is 8. The molecule has 9 nitrogen and oxygen atoms in total. The van der Waals surface area contributed by atoms with Gasteiger partial charge in [-0.2, -0.15) is 13.2 Å². The number of carbonyl (C=O) groups is 1. The average Bonchev–Trinajstić information content (AvgIpc) is 2.83. The molecular weight excluding hydrogens is 469 g/mol. The quantitative estimate of drug-likeness (QED) is 0.440. The van der Waals surface area contributed by atoms with Crippen LogP contribution < -0.4 is 19.7 Å². The number of ether oxygens (including phenoxy) is 2. The van der Waals surface area contributed by atoms with Gasteiger partial charge in [0.1, 0.15) is 17.2 Å². The molecule has 3 rings (SSSR count). The van der Waals surface area contributed by atoms with Gasteiger partial charge in [-0.05, 0) is 37.3 Å². The summed E-state index contributed by atoms with van der Waals surface area (Å²) in [7, 11) is 3.09. The molecule has 0 radical (unpaired) electrons. The normalized spacial score (nSPS) is 15.4. The number of carbonyl (C=O) groups excluding carboxylic acids is 1. The lowest BCUT2D eigenvalue weighted by Gasteiger charge is -2.35. The van der Waals surface area contributed by atoms with Gasteiger partial charge >= 0.3 is 6.18 Å². The SMILES string of the molecule is COc1ccc(OC)c([C@H](C)NC(=O)CN2CCN(c3ccc(C(F)(F)F)cc3[N+](=O)[O-])CC2)c1. The van der Waals surface area contributed by atoms with Crippen molar-refractivity contribution in [2.75, 3.05) is 51.8 Å². The van der Waals surface area contributed by atoms with Gasteiger partial charge in [-0.15, -0.1) is 0 Å². The Morgan fingerprint density at radius 1 is 1.11 bits per heavy atom. The summed E-state index contributed by atoms with van der Waals surface area (Å²) in [6, 6.07) is 7.50. The van der Waals surface area contributed by atoms with Crippen molar-refractivity contribution in [2.24, 2.45) is 0 Å². The van der Waals surface area contributed by atoms with E-state index in [1.54, 1.807) is 37.3 Å². The van der Waals surface area contributed by atoms with E-state index >= 15 is 0 Å². The molecule has 1 atom stereocenters. The Morgan fingerprint density at radius 3 is 2.37 bits per heavy atom. The highest BCUT2D eigenvalue weighted by Crippen LogP contribution is 2.37. The summed E-state index contributed by atoms with van der Waals surface area (Å²) in [5.74, 6) is 1.04. The minimum Gasteiger partial charge on any atom is -0.497 e. The molecule has 1 heterocycles. The van der Waals surface area contributed by atoms with Gasteiger partial charge < -0.3 is 19.7 Å². The number of benzene rings is 2. The third-order valence-electron chi connectivity index (χ3n) is 5.86. The third-order valence-corrected chi connectivity index (χ3v) is 5.86. The molecule has 2 aromatic carbocycles. The molecule has 1 saturated heterocycles. The molecule has 1 aliphatic heterocycles. The predicted molar refractivity (Wildman–Crippen MR) is 123 cm³/mol. The molecule has 1 fully saturated rings. The van der Waals surface area contributed by atoms with E-state index in [9.17, 15) is 28.1 Å². The fraction of sp³-hybridized carbons (Fsp3) is 0.435. The first-order chi connectivity index (χ1) is 16.5. The lowest BCUT2D eigenvalue weighted by Crippen LogP contribution is -2.49. The lowest BCUT2D eigenvalue weighted by atomic mass is 10.1. The Morgan fingerprint density at radius 2 is 1.80 bits per heavy atom. The van der Waals surface area contributed by atoms with E-state index in [4.69, 9.17) is 9.47 Å². The number of hydrogen-bond acceptors (Lipinski definition) is 7. The summed E-state index contributed by atoms with van der Waals surface area (Å²) in [6.07, 6.45) is -4.67. The van der Waals surface area contributed by atoms with Gasteiger partial charge in [0.25, 0.3) is 5.69 Å². The molecule has 0 aliphatic carbocycles. The summed E-state index contributed by atoms with van der Waals surface area (Å²) in [5.41, 5.74) is -0.761. The molecule has 0 aromatic heterocycles. The number of alkyl halides is 3. The van der Waals surface area contributed by atoms with Crippen molar-refractivity contribution in [3.63, 3.8) is 0 Å². The molecular formula is C23H27F3N4O5. The second-order valence-electron chi connectivity index (χ2n) is 8.12. The van der Waals surface area contributed by atoms with Gasteiger partial charge in [-0.1, -0.05) is 0 Å². The number of hydrogen-bond donors (Lipinski definition) is 1. The lowest BCUT2D eigenvalue weighted by molar-refractivity contribution is -0.384. The monoisotopic (exact) mass is 496 g/mol. The minimum absolute atomic E-state index is 0.111. The Labute approximate surface area is 200 Å². The number of halogens is 3. The summed E-state index contributed by atoms with van der Waals surface area (Å²) >= 11 is 0. The zero-order valence-electron chi connectivity index (χ0n) is 19.6. The van der Waals surface area contributed by atoms with Crippen LogP contribution in [-0.2, 0) is 11.0 Å². The molecule has 12 heteroatoms. The Kier molecular flexibility index (Phi) is 8.05. The second kappa shape index (κ2) is 10.8. The van der Waals surface area contributed by atoms with Crippen LogP contribution in [0.2, 0.25) is 0 Å². The first-order valence-electron chi connectivity index (χ1n) is 10.9. The molecule has 190 valence electrons. The average molecular weight is 496 g/mol. The number of nitro groups is 1. The van der Waals surface area contributed by atoms with Gasteiger partial charge in [-0.25, -0.2) is 0 Å². The van der Waals surface area contributed by atoms with Gasteiger partial charge in [-0.3, -0.25) is 19.8 Å². The van der Waals surface area contributed by atoms with Crippen LogP contribution in [0.5, 0.6) is 11.5 Å². The van der Waals surface area contributed by atoms with Crippen molar-refractivity contribution >= 4 is 17.3 Å². The van der Waals surface area contributed by atoms with E-state index in [1.165, 1.54) is 0 Å². The van der Waals surface area contributed by atoms with E-state index in [2.05, 4.69) is 5.32 Å². The van der Waals surface area contributed by atoms with Crippen molar-refractivity contribution < 1.29 is 32.4 Å². The number of amides is 1. The molecule has 1 N–H and O–H groups in total. The number of anilines is 1. The maximum Gasteiger partial charge on any atom is 0.416 e. The van der Waals surface area contributed by atoms with E-state index in [0.717, 1.165) is 17.7 Å². The number of nitro benzene ring substituents is 1. The molecule has 0 bridgehead atoms. The predicted octanol–water partition coefficient (Wildman–Crippen LogP) is 3.63. The number of nitrogens with one attached hydrogen (secondary N) is 1. The van der Waals surface area contributed by atoms with Crippen molar-refractivity contribution in [2.45, 2.75) is 19.1 Å². The Hall–Kier alpha value is -3.54. The van der Waals surface area contributed by atoms with Gasteiger partial charge in [0.15, 0.2) is 0 Å². The van der Waals surface area contributed by atoms with Crippen molar-refractivity contribution in [3.05, 3.63) is 57.6 Å². The van der Waals surface area contributed by atoms with E-state index in [1.807, 2.05) is 11.8 Å². The highest BCUT2D eigenvalue weighted by atomic mass is 19.4. The first-order valence-corrected chi connectivity index (χ1v) is 10.9. The summed E-state index contributed by atoms with van der Waals surface area (Å²) in [5, 5.41) is 14.3. The largest absolute Gasteiger partial charge is 0.497 e.